The molecule has 0 aliphatic heterocycles. The van der Waals surface area contributed by atoms with Gasteiger partial charge < -0.3 is 21.5 Å². The molecule has 0 unspecified atom stereocenters. The number of aromatic nitrogens is 2. The summed E-state index contributed by atoms with van der Waals surface area (Å²) in [5.74, 6) is 0.344. The number of halogens is 1. The smallest absolute Gasteiger partial charge is 0.220 e. The monoisotopic (exact) mass is 401 g/mol. The third-order valence-corrected chi connectivity index (χ3v) is 4.44. The van der Waals surface area contributed by atoms with Gasteiger partial charge in [0.2, 0.25) is 5.95 Å². The fourth-order valence-electron chi connectivity index (χ4n) is 2.98. The van der Waals surface area contributed by atoms with Crippen LogP contribution in [-0.2, 0) is 6.61 Å². The van der Waals surface area contributed by atoms with Gasteiger partial charge >= 0.3 is 0 Å². The van der Waals surface area contributed by atoms with Crippen LogP contribution in [0.3, 0.4) is 0 Å². The number of anilines is 4. The maximum absolute atomic E-state index is 14.2. The van der Waals surface area contributed by atoms with E-state index in [2.05, 4.69) is 15.3 Å². The summed E-state index contributed by atoms with van der Waals surface area (Å²) >= 11 is 0. The molecule has 1 heterocycles. The van der Waals surface area contributed by atoms with E-state index in [-0.39, 0.29) is 5.95 Å². The first-order chi connectivity index (χ1) is 14.6. The highest BCUT2D eigenvalue weighted by atomic mass is 19.1. The number of rotatable bonds is 6. The highest BCUT2D eigenvalue weighted by Crippen LogP contribution is 2.34. The van der Waals surface area contributed by atoms with Gasteiger partial charge in [-0.15, -0.1) is 0 Å². The Morgan fingerprint density at radius 2 is 1.77 bits per heavy atom. The third kappa shape index (κ3) is 4.47. The Morgan fingerprint density at radius 1 is 0.933 bits per heavy atom. The van der Waals surface area contributed by atoms with Crippen molar-refractivity contribution in [2.24, 2.45) is 0 Å². The van der Waals surface area contributed by atoms with Crippen molar-refractivity contribution in [3.8, 4) is 17.0 Å². The molecular weight excluding hydrogens is 381 g/mol. The quantitative estimate of drug-likeness (QED) is 0.403. The number of nitrogens with one attached hydrogen (secondary N) is 1. The molecule has 0 saturated carbocycles. The van der Waals surface area contributed by atoms with Crippen LogP contribution in [0.25, 0.3) is 11.3 Å². The van der Waals surface area contributed by atoms with Gasteiger partial charge in [-0.05, 0) is 48.0 Å². The molecule has 0 fully saturated rings. The molecule has 0 spiro atoms. The Bertz CT molecular complexity index is 1170. The summed E-state index contributed by atoms with van der Waals surface area (Å²) in [5.41, 5.74) is 15.1. The van der Waals surface area contributed by atoms with Crippen LogP contribution < -0.4 is 21.5 Å². The van der Waals surface area contributed by atoms with E-state index in [1.807, 2.05) is 48.5 Å². The minimum atomic E-state index is -0.438. The lowest BCUT2D eigenvalue weighted by Crippen LogP contribution is -2.01. The molecule has 0 saturated heterocycles. The normalized spacial score (nSPS) is 10.6. The van der Waals surface area contributed by atoms with Crippen LogP contribution in [0.1, 0.15) is 5.56 Å². The number of benzene rings is 3. The highest BCUT2D eigenvalue weighted by molar-refractivity contribution is 5.75. The molecule has 0 bridgehead atoms. The fourth-order valence-corrected chi connectivity index (χ4v) is 2.98. The van der Waals surface area contributed by atoms with E-state index in [1.54, 1.807) is 24.4 Å². The maximum Gasteiger partial charge on any atom is 0.220 e. The zero-order valence-corrected chi connectivity index (χ0v) is 16.0. The second-order valence-corrected chi connectivity index (χ2v) is 6.65. The van der Waals surface area contributed by atoms with Gasteiger partial charge in [0.1, 0.15) is 18.2 Å². The second kappa shape index (κ2) is 8.48. The number of nitrogens with zero attached hydrogens (tertiary/aromatic N) is 2. The van der Waals surface area contributed by atoms with Gasteiger partial charge in [-0.2, -0.15) is 0 Å². The predicted octanol–water partition coefficient (Wildman–Crippen LogP) is 4.77. The van der Waals surface area contributed by atoms with Crippen LogP contribution in [-0.4, -0.2) is 9.97 Å². The van der Waals surface area contributed by atoms with Gasteiger partial charge in [-0.25, -0.2) is 14.4 Å². The van der Waals surface area contributed by atoms with E-state index in [0.29, 0.717) is 40.7 Å². The lowest BCUT2D eigenvalue weighted by molar-refractivity contribution is 0.307. The third-order valence-electron chi connectivity index (χ3n) is 4.44. The second-order valence-electron chi connectivity index (χ2n) is 6.65. The summed E-state index contributed by atoms with van der Waals surface area (Å²) < 4.78 is 20.2. The van der Waals surface area contributed by atoms with Gasteiger partial charge in [0, 0.05) is 23.1 Å². The minimum absolute atomic E-state index is 0.157. The maximum atomic E-state index is 14.2. The van der Waals surface area contributed by atoms with Crippen LogP contribution >= 0.6 is 0 Å². The Kier molecular flexibility index (Phi) is 5.43. The molecule has 5 N–H and O–H groups in total. The molecule has 0 atom stereocenters. The molecule has 0 aliphatic rings. The van der Waals surface area contributed by atoms with Gasteiger partial charge in [0.05, 0.1) is 11.4 Å². The molecule has 4 rings (SSSR count). The van der Waals surface area contributed by atoms with Crippen molar-refractivity contribution in [3.05, 3.63) is 90.4 Å². The molecule has 0 amide bonds. The molecule has 3 aromatic carbocycles. The van der Waals surface area contributed by atoms with Crippen LogP contribution in [0.15, 0.2) is 79.0 Å². The van der Waals surface area contributed by atoms with Gasteiger partial charge in [0.15, 0.2) is 0 Å². The van der Waals surface area contributed by atoms with E-state index < -0.39 is 5.82 Å². The van der Waals surface area contributed by atoms with Crippen molar-refractivity contribution < 1.29 is 9.13 Å². The van der Waals surface area contributed by atoms with Crippen LogP contribution in [0.4, 0.5) is 27.4 Å². The number of nitrogen functional groups attached to an aromatic ring is 2. The lowest BCUT2D eigenvalue weighted by atomic mass is 10.1. The molecule has 0 aliphatic carbocycles. The van der Waals surface area contributed by atoms with E-state index in [1.165, 1.54) is 6.07 Å². The largest absolute Gasteiger partial charge is 0.488 e. The van der Waals surface area contributed by atoms with Crippen molar-refractivity contribution >= 4 is 23.0 Å². The number of ether oxygens (including phenoxy) is 1. The highest BCUT2D eigenvalue weighted by Gasteiger charge is 2.12. The van der Waals surface area contributed by atoms with Crippen LogP contribution in [0.2, 0.25) is 0 Å². The summed E-state index contributed by atoms with van der Waals surface area (Å²) in [4.78, 5) is 8.25. The molecule has 0 radical (unpaired) electrons. The number of nitrogens with two attached hydrogens (primary N) is 2. The Morgan fingerprint density at radius 3 is 2.53 bits per heavy atom. The first kappa shape index (κ1) is 19.2. The summed E-state index contributed by atoms with van der Waals surface area (Å²) in [5, 5.41) is 3.06. The van der Waals surface area contributed by atoms with Crippen LogP contribution in [0, 0.1) is 5.82 Å². The van der Waals surface area contributed by atoms with Crippen LogP contribution in [0.5, 0.6) is 5.75 Å². The molecular formula is C23H20FN5O. The summed E-state index contributed by atoms with van der Waals surface area (Å²) in [7, 11) is 0. The van der Waals surface area contributed by atoms with Crippen molar-refractivity contribution in [3.63, 3.8) is 0 Å². The molecule has 4 aromatic rings. The summed E-state index contributed by atoms with van der Waals surface area (Å²) in [6.07, 6.45) is 1.58. The molecule has 150 valence electrons. The zero-order valence-electron chi connectivity index (χ0n) is 16.0. The predicted molar refractivity (Wildman–Crippen MR) is 117 cm³/mol. The van der Waals surface area contributed by atoms with Gasteiger partial charge in [0.25, 0.3) is 0 Å². The van der Waals surface area contributed by atoms with E-state index in [0.717, 1.165) is 5.56 Å². The standard InChI is InChI=1S/C23H20FN5O/c24-19-12-16(25)6-8-21(19)28-17-7-9-22(30-14-15-4-2-1-3-5-15)18(13-17)20-10-11-27-23(26)29-20/h1-13,28H,14,25H2,(H2,26,27,29). The van der Waals surface area contributed by atoms with E-state index in [9.17, 15) is 4.39 Å². The Balaban J connectivity index is 1.67. The molecule has 6 nitrogen and oxygen atoms in total. The topological polar surface area (TPSA) is 99.1 Å². The molecule has 30 heavy (non-hydrogen) atoms. The van der Waals surface area contributed by atoms with E-state index >= 15 is 0 Å². The van der Waals surface area contributed by atoms with Crippen molar-refractivity contribution in [1.29, 1.82) is 0 Å². The summed E-state index contributed by atoms with van der Waals surface area (Å²) in [6, 6.07) is 21.5. The minimum Gasteiger partial charge on any atom is -0.488 e. The number of hydrogen-bond acceptors (Lipinski definition) is 6. The van der Waals surface area contributed by atoms with Crippen molar-refractivity contribution in [2.75, 3.05) is 16.8 Å². The average molecular weight is 401 g/mol. The Labute approximate surface area is 173 Å². The van der Waals surface area contributed by atoms with E-state index in [4.69, 9.17) is 16.2 Å². The fraction of sp³-hybridized carbons (Fsp3) is 0.0435. The van der Waals surface area contributed by atoms with Crippen molar-refractivity contribution in [2.45, 2.75) is 6.61 Å². The molecule has 7 heteroatoms. The summed E-state index contributed by atoms with van der Waals surface area (Å²) in [6.45, 7) is 0.397. The average Bonchev–Trinajstić information content (AvgIpc) is 2.75. The Hall–Kier alpha value is -4.13. The van der Waals surface area contributed by atoms with Crippen molar-refractivity contribution in [1.82, 2.24) is 9.97 Å². The lowest BCUT2D eigenvalue weighted by Gasteiger charge is -2.15. The SMILES string of the molecule is Nc1ccc(Nc2ccc(OCc3ccccc3)c(-c3ccnc(N)n3)c2)c(F)c1. The zero-order chi connectivity index (χ0) is 20.9. The first-order valence-corrected chi connectivity index (χ1v) is 9.30. The molecule has 1 aromatic heterocycles. The first-order valence-electron chi connectivity index (χ1n) is 9.30. The number of hydrogen-bond donors (Lipinski definition) is 3. The van der Waals surface area contributed by atoms with Gasteiger partial charge in [-0.3, -0.25) is 0 Å². The van der Waals surface area contributed by atoms with Gasteiger partial charge in [-0.1, -0.05) is 30.3 Å².